The number of hydrogen-bond donors (Lipinski definition) is 0. The van der Waals surface area contributed by atoms with Crippen LogP contribution in [0.5, 0.6) is 0 Å². The first-order valence-corrected chi connectivity index (χ1v) is 8.61. The minimum atomic E-state index is -0.195. The van der Waals surface area contributed by atoms with Crippen molar-refractivity contribution in [1.82, 2.24) is 0 Å². The van der Waals surface area contributed by atoms with E-state index >= 15 is 0 Å². The number of hydrogen-bond acceptors (Lipinski definition) is 2. The van der Waals surface area contributed by atoms with Crippen LogP contribution < -0.4 is 0 Å². The van der Waals surface area contributed by atoms with E-state index in [1.165, 1.54) is 0 Å². The van der Waals surface area contributed by atoms with Crippen LogP contribution >= 0.6 is 0 Å². The van der Waals surface area contributed by atoms with Gasteiger partial charge in [-0.15, -0.1) is 0 Å². The van der Waals surface area contributed by atoms with Gasteiger partial charge in [-0.1, -0.05) is 48.5 Å². The van der Waals surface area contributed by atoms with Crippen molar-refractivity contribution >= 4 is 28.5 Å². The fourth-order valence-electron chi connectivity index (χ4n) is 3.94. The molecular formula is C24H10N2O2. The molecule has 0 aromatic heterocycles. The number of carbonyl (C=O) groups is 2. The van der Waals surface area contributed by atoms with Crippen molar-refractivity contribution in [2.45, 2.75) is 0 Å². The maximum absolute atomic E-state index is 12.9. The molecule has 5 rings (SSSR count). The van der Waals surface area contributed by atoms with Gasteiger partial charge in [-0.05, 0) is 34.4 Å². The van der Waals surface area contributed by atoms with Gasteiger partial charge in [0.15, 0.2) is 17.3 Å². The lowest BCUT2D eigenvalue weighted by atomic mass is 9.96. The van der Waals surface area contributed by atoms with Gasteiger partial charge in [-0.2, -0.15) is 0 Å². The van der Waals surface area contributed by atoms with Crippen LogP contribution in [0.2, 0.25) is 0 Å². The van der Waals surface area contributed by atoms with Crippen LogP contribution in [0.15, 0.2) is 60.7 Å². The largest absolute Gasteiger partial charge is 0.290 e. The number of Topliss-reactive ketones (excluding diaryl/α,β-unsaturated/α-hetero) is 1. The van der Waals surface area contributed by atoms with Crippen LogP contribution in [-0.2, 0) is 0 Å². The van der Waals surface area contributed by atoms with E-state index in [0.29, 0.717) is 44.8 Å². The fourth-order valence-corrected chi connectivity index (χ4v) is 3.94. The molecule has 0 heterocycles. The Hall–Kier alpha value is -4.28. The lowest BCUT2D eigenvalue weighted by molar-refractivity contribution is 0.103. The zero-order chi connectivity index (χ0) is 19.4. The summed E-state index contributed by atoms with van der Waals surface area (Å²) >= 11 is 0. The molecule has 0 atom stereocenters. The number of rotatable bonds is 1. The van der Waals surface area contributed by atoms with Crippen LogP contribution in [0.4, 0.5) is 5.69 Å². The van der Waals surface area contributed by atoms with Crippen LogP contribution in [0.3, 0.4) is 0 Å². The van der Waals surface area contributed by atoms with E-state index in [1.807, 2.05) is 6.07 Å². The Balaban J connectivity index is 1.69. The minimum Gasteiger partial charge on any atom is -0.290 e. The van der Waals surface area contributed by atoms with Crippen molar-refractivity contribution in [3.8, 4) is 11.1 Å². The van der Waals surface area contributed by atoms with E-state index in [4.69, 9.17) is 13.1 Å². The highest BCUT2D eigenvalue weighted by Gasteiger charge is 2.33. The molecule has 3 aromatic rings. The maximum Gasteiger partial charge on any atom is 0.206 e. The average Bonchev–Trinajstić information content (AvgIpc) is 3.19. The van der Waals surface area contributed by atoms with Gasteiger partial charge in [-0.3, -0.25) is 9.59 Å². The smallest absolute Gasteiger partial charge is 0.206 e. The Bertz CT molecular complexity index is 1360. The quantitative estimate of drug-likeness (QED) is 0.426. The molecule has 0 saturated heterocycles. The van der Waals surface area contributed by atoms with E-state index < -0.39 is 0 Å². The molecule has 0 aliphatic heterocycles. The molecule has 0 saturated carbocycles. The predicted octanol–water partition coefficient (Wildman–Crippen LogP) is 5.43. The summed E-state index contributed by atoms with van der Waals surface area (Å²) in [7, 11) is 0. The Labute approximate surface area is 161 Å². The zero-order valence-corrected chi connectivity index (χ0v) is 14.5. The molecule has 4 heteroatoms. The molecule has 2 aliphatic carbocycles. The topological polar surface area (TPSA) is 42.9 Å². The number of nitrogens with zero attached hydrogens (tertiary/aromatic N) is 2. The molecule has 0 amide bonds. The van der Waals surface area contributed by atoms with Crippen molar-refractivity contribution < 1.29 is 9.59 Å². The molecule has 28 heavy (non-hydrogen) atoms. The third kappa shape index (κ3) is 1.97. The third-order valence-electron chi connectivity index (χ3n) is 5.22. The molecule has 4 nitrogen and oxygen atoms in total. The molecular weight excluding hydrogens is 348 g/mol. The van der Waals surface area contributed by atoms with E-state index in [9.17, 15) is 9.59 Å². The van der Waals surface area contributed by atoms with E-state index in [-0.39, 0.29) is 11.6 Å². The molecule has 0 N–H and O–H groups in total. The first-order valence-electron chi connectivity index (χ1n) is 8.61. The number of carbonyl (C=O) groups excluding carboxylic acids is 2. The highest BCUT2D eigenvalue weighted by molar-refractivity contribution is 6.40. The van der Waals surface area contributed by atoms with Gasteiger partial charge in [0.1, 0.15) is 0 Å². The zero-order valence-electron chi connectivity index (χ0n) is 14.5. The Kier molecular flexibility index (Phi) is 3.19. The average molecular weight is 358 g/mol. The van der Waals surface area contributed by atoms with Gasteiger partial charge in [0.05, 0.1) is 13.1 Å². The summed E-state index contributed by atoms with van der Waals surface area (Å²) in [5, 5.41) is 0. The van der Waals surface area contributed by atoms with Crippen molar-refractivity contribution in [1.29, 1.82) is 0 Å². The summed E-state index contributed by atoms with van der Waals surface area (Å²) < 4.78 is 0. The van der Waals surface area contributed by atoms with Crippen molar-refractivity contribution in [3.05, 3.63) is 111 Å². The molecule has 0 spiro atoms. The highest BCUT2D eigenvalue weighted by atomic mass is 16.1. The molecule has 0 bridgehead atoms. The number of ketones is 2. The Morgan fingerprint density at radius 3 is 2.00 bits per heavy atom. The van der Waals surface area contributed by atoms with Gasteiger partial charge in [0, 0.05) is 22.3 Å². The summed E-state index contributed by atoms with van der Waals surface area (Å²) in [6.45, 7) is 14.7. The molecule has 128 valence electrons. The van der Waals surface area contributed by atoms with Crippen molar-refractivity contribution in [2.75, 3.05) is 0 Å². The summed E-state index contributed by atoms with van der Waals surface area (Å²) in [6, 6.07) is 17.4. The Morgan fingerprint density at radius 2 is 1.29 bits per heavy atom. The molecule has 3 aromatic carbocycles. The molecule has 0 unspecified atom stereocenters. The van der Waals surface area contributed by atoms with Gasteiger partial charge < -0.3 is 0 Å². The number of fused-ring (bicyclic) bond motifs is 4. The number of allylic oxidation sites excluding steroid dienone is 1. The van der Waals surface area contributed by atoms with E-state index in [0.717, 1.165) is 11.1 Å². The van der Waals surface area contributed by atoms with Crippen molar-refractivity contribution in [3.63, 3.8) is 0 Å². The lowest BCUT2D eigenvalue weighted by Crippen LogP contribution is -2.00. The summed E-state index contributed by atoms with van der Waals surface area (Å²) in [6.07, 6.45) is 0. The highest BCUT2D eigenvalue weighted by Crippen LogP contribution is 2.43. The SMILES string of the molecule is [C-]#[N+]C1=C(c2ccc3c(c2)C(=O)c2cc([N+]#[C-])ccc2-3)C(=O)c2ccccc21. The van der Waals surface area contributed by atoms with Crippen LogP contribution in [0.1, 0.15) is 37.4 Å². The van der Waals surface area contributed by atoms with E-state index in [2.05, 4.69) is 9.69 Å². The Morgan fingerprint density at radius 1 is 0.607 bits per heavy atom. The van der Waals surface area contributed by atoms with Gasteiger partial charge >= 0.3 is 0 Å². The summed E-state index contributed by atoms with van der Waals surface area (Å²) in [5.41, 5.74) is 5.36. The molecule has 2 aliphatic rings. The first-order chi connectivity index (χ1) is 13.6. The van der Waals surface area contributed by atoms with Crippen LogP contribution in [-0.4, -0.2) is 11.6 Å². The van der Waals surface area contributed by atoms with Crippen molar-refractivity contribution in [2.24, 2.45) is 0 Å². The second-order valence-corrected chi connectivity index (χ2v) is 6.64. The summed E-state index contributed by atoms with van der Waals surface area (Å²) in [5.74, 6) is -0.356. The lowest BCUT2D eigenvalue weighted by Gasteiger charge is -2.06. The minimum absolute atomic E-state index is 0.162. The van der Waals surface area contributed by atoms with Gasteiger partial charge in [-0.25, -0.2) is 9.69 Å². The first kappa shape index (κ1) is 15.9. The van der Waals surface area contributed by atoms with Crippen LogP contribution in [0.25, 0.3) is 32.1 Å². The monoisotopic (exact) mass is 358 g/mol. The van der Waals surface area contributed by atoms with Gasteiger partial charge in [0.2, 0.25) is 5.70 Å². The second-order valence-electron chi connectivity index (χ2n) is 6.64. The standard InChI is InChI=1S/C24H10N2O2/c1-25-14-8-10-16-15-9-7-13(11-19(15)23(27)20(16)12-14)21-22(26-2)17-5-3-4-6-18(17)24(21)28/h3-12H. The van der Waals surface area contributed by atoms with Gasteiger partial charge in [0.25, 0.3) is 0 Å². The molecule has 0 fully saturated rings. The van der Waals surface area contributed by atoms with Crippen LogP contribution in [0, 0.1) is 13.1 Å². The predicted molar refractivity (Wildman–Crippen MR) is 106 cm³/mol. The van der Waals surface area contributed by atoms with E-state index in [1.54, 1.807) is 54.6 Å². The number of benzene rings is 3. The maximum atomic E-state index is 12.9. The fraction of sp³-hybridized carbons (Fsp3) is 0. The normalized spacial score (nSPS) is 13.6. The third-order valence-corrected chi connectivity index (χ3v) is 5.22. The summed E-state index contributed by atoms with van der Waals surface area (Å²) in [4.78, 5) is 32.8. The second kappa shape index (κ2) is 5.61. The molecule has 0 radical (unpaired) electrons.